The molecule has 116 valence electrons. The first-order valence-corrected chi connectivity index (χ1v) is 7.36. The van der Waals surface area contributed by atoms with Crippen molar-refractivity contribution >= 4 is 5.91 Å². The summed E-state index contributed by atoms with van der Waals surface area (Å²) in [6, 6.07) is 7.87. The van der Waals surface area contributed by atoms with Gasteiger partial charge in [0.2, 0.25) is 5.91 Å². The first-order valence-electron chi connectivity index (χ1n) is 7.36. The zero-order valence-electron chi connectivity index (χ0n) is 13.3. The van der Waals surface area contributed by atoms with Crippen molar-refractivity contribution in [3.63, 3.8) is 0 Å². The summed E-state index contributed by atoms with van der Waals surface area (Å²) >= 11 is 0. The molecule has 1 amide bonds. The number of ether oxygens (including phenoxy) is 1. The minimum atomic E-state index is -0.257. The smallest absolute Gasteiger partial charge is 0.244 e. The number of nitrogens with one attached hydrogen (secondary N) is 1. The monoisotopic (exact) mass is 291 g/mol. The molecule has 0 bridgehead atoms. The Morgan fingerprint density at radius 2 is 2.24 bits per heavy atom. The highest BCUT2D eigenvalue weighted by Crippen LogP contribution is 2.28. The second-order valence-electron chi connectivity index (χ2n) is 5.70. The van der Waals surface area contributed by atoms with E-state index in [-0.39, 0.29) is 11.9 Å². The van der Waals surface area contributed by atoms with Gasteiger partial charge in [0.15, 0.2) is 0 Å². The molecule has 1 heterocycles. The zero-order valence-corrected chi connectivity index (χ0v) is 13.3. The van der Waals surface area contributed by atoms with Crippen molar-refractivity contribution < 1.29 is 9.53 Å². The Morgan fingerprint density at radius 1 is 1.48 bits per heavy atom. The van der Waals surface area contributed by atoms with Gasteiger partial charge in [0.05, 0.1) is 7.11 Å². The van der Waals surface area contributed by atoms with Gasteiger partial charge < -0.3 is 15.0 Å². The van der Waals surface area contributed by atoms with E-state index in [1.165, 1.54) is 0 Å². The van der Waals surface area contributed by atoms with Gasteiger partial charge in [0, 0.05) is 39.8 Å². The van der Waals surface area contributed by atoms with Crippen LogP contribution < -0.4 is 10.1 Å². The summed E-state index contributed by atoms with van der Waals surface area (Å²) in [5.41, 5.74) is 0.988. The summed E-state index contributed by atoms with van der Waals surface area (Å²) < 4.78 is 5.30. The number of nitrogens with zero attached hydrogens (tertiary/aromatic N) is 2. The third kappa shape index (κ3) is 3.54. The number of benzene rings is 1. The van der Waals surface area contributed by atoms with Crippen LogP contribution in [0.5, 0.6) is 5.75 Å². The molecule has 2 atom stereocenters. The van der Waals surface area contributed by atoms with E-state index in [0.717, 1.165) is 30.9 Å². The van der Waals surface area contributed by atoms with Crippen LogP contribution in [0.4, 0.5) is 0 Å². The molecule has 1 saturated heterocycles. The van der Waals surface area contributed by atoms with E-state index >= 15 is 0 Å². The second-order valence-corrected chi connectivity index (χ2v) is 5.70. The molecule has 1 aromatic rings. The van der Waals surface area contributed by atoms with Gasteiger partial charge in [0.25, 0.3) is 0 Å². The Kier molecular flexibility index (Phi) is 5.20. The number of hydrogen-bond donors (Lipinski definition) is 1. The fourth-order valence-corrected chi connectivity index (χ4v) is 2.77. The van der Waals surface area contributed by atoms with Crippen LogP contribution in [0.1, 0.15) is 18.5 Å². The number of amides is 1. The lowest BCUT2D eigenvalue weighted by Gasteiger charge is -2.40. The van der Waals surface area contributed by atoms with Gasteiger partial charge >= 0.3 is 0 Å². The summed E-state index contributed by atoms with van der Waals surface area (Å²) in [4.78, 5) is 16.6. The number of carbonyl (C=O) groups is 1. The molecule has 0 spiro atoms. The highest BCUT2D eigenvalue weighted by atomic mass is 16.5. The van der Waals surface area contributed by atoms with Crippen LogP contribution in [-0.4, -0.2) is 62.6 Å². The van der Waals surface area contributed by atoms with Crippen LogP contribution in [0.25, 0.3) is 0 Å². The van der Waals surface area contributed by atoms with Gasteiger partial charge in [-0.3, -0.25) is 9.69 Å². The van der Waals surface area contributed by atoms with E-state index in [9.17, 15) is 4.79 Å². The first kappa shape index (κ1) is 15.8. The van der Waals surface area contributed by atoms with Crippen molar-refractivity contribution in [1.29, 1.82) is 0 Å². The number of hydrogen-bond acceptors (Lipinski definition) is 4. The second kappa shape index (κ2) is 6.91. The van der Waals surface area contributed by atoms with Crippen LogP contribution >= 0.6 is 0 Å². The number of likely N-dealkylation sites (N-methyl/N-ethyl adjacent to an activating group) is 1. The number of carbonyl (C=O) groups excluding carboxylic acids is 1. The molecule has 0 aliphatic carbocycles. The van der Waals surface area contributed by atoms with Crippen LogP contribution in [0.3, 0.4) is 0 Å². The molecule has 0 saturated carbocycles. The molecule has 1 aliphatic heterocycles. The zero-order chi connectivity index (χ0) is 15.4. The number of rotatable bonds is 4. The molecule has 5 nitrogen and oxygen atoms in total. The predicted molar refractivity (Wildman–Crippen MR) is 83.5 cm³/mol. The molecule has 1 N–H and O–H groups in total. The Morgan fingerprint density at radius 3 is 2.86 bits per heavy atom. The molecule has 2 rings (SSSR count). The topological polar surface area (TPSA) is 44.8 Å². The van der Waals surface area contributed by atoms with Gasteiger partial charge in [0.1, 0.15) is 11.8 Å². The van der Waals surface area contributed by atoms with Gasteiger partial charge in [-0.05, 0) is 24.6 Å². The minimum absolute atomic E-state index is 0.108. The average molecular weight is 291 g/mol. The maximum Gasteiger partial charge on any atom is 0.244 e. The minimum Gasteiger partial charge on any atom is -0.497 e. The average Bonchev–Trinajstić information content (AvgIpc) is 2.49. The highest BCUT2D eigenvalue weighted by Gasteiger charge is 2.33. The maximum atomic E-state index is 12.7. The molecule has 1 aliphatic rings. The third-order valence-corrected chi connectivity index (χ3v) is 3.97. The largest absolute Gasteiger partial charge is 0.497 e. The van der Waals surface area contributed by atoms with Crippen LogP contribution in [0.15, 0.2) is 24.3 Å². The molecule has 0 radical (unpaired) electrons. The van der Waals surface area contributed by atoms with Crippen LogP contribution in [0, 0.1) is 0 Å². The Hall–Kier alpha value is -1.59. The number of methoxy groups -OCH3 is 1. The summed E-state index contributed by atoms with van der Waals surface area (Å²) in [6.07, 6.45) is 0. The van der Waals surface area contributed by atoms with E-state index in [0.29, 0.717) is 6.04 Å². The van der Waals surface area contributed by atoms with E-state index in [1.54, 1.807) is 12.0 Å². The lowest BCUT2D eigenvalue weighted by atomic mass is 10.0. The quantitative estimate of drug-likeness (QED) is 0.903. The van der Waals surface area contributed by atoms with E-state index in [2.05, 4.69) is 17.1 Å². The number of piperazine rings is 1. The van der Waals surface area contributed by atoms with E-state index in [1.807, 2.05) is 38.4 Å². The lowest BCUT2D eigenvalue weighted by Crippen LogP contribution is -2.54. The SMILES string of the molecule is COc1cccc(C(C(=O)N(C)C)N2CCNCC2C)c1. The molecule has 1 fully saturated rings. The van der Waals surface area contributed by atoms with E-state index in [4.69, 9.17) is 4.74 Å². The summed E-state index contributed by atoms with van der Waals surface area (Å²) in [7, 11) is 5.26. The van der Waals surface area contributed by atoms with Crippen molar-refractivity contribution in [2.75, 3.05) is 40.8 Å². The fourth-order valence-electron chi connectivity index (χ4n) is 2.77. The van der Waals surface area contributed by atoms with Crippen LogP contribution in [0.2, 0.25) is 0 Å². The molecular formula is C16H25N3O2. The Labute approximate surface area is 126 Å². The van der Waals surface area contributed by atoms with Crippen molar-refractivity contribution in [1.82, 2.24) is 15.1 Å². The highest BCUT2D eigenvalue weighted by molar-refractivity contribution is 5.83. The van der Waals surface area contributed by atoms with Gasteiger partial charge in [-0.2, -0.15) is 0 Å². The predicted octanol–water partition coefficient (Wildman–Crippen LogP) is 1.12. The first-order chi connectivity index (χ1) is 10.0. The molecule has 5 heteroatoms. The normalized spacial score (nSPS) is 20.9. The van der Waals surface area contributed by atoms with E-state index < -0.39 is 0 Å². The third-order valence-electron chi connectivity index (χ3n) is 3.97. The maximum absolute atomic E-state index is 12.7. The van der Waals surface area contributed by atoms with Gasteiger partial charge in [-0.15, -0.1) is 0 Å². The van der Waals surface area contributed by atoms with Gasteiger partial charge in [-0.25, -0.2) is 0 Å². The van der Waals surface area contributed by atoms with Crippen molar-refractivity contribution in [2.24, 2.45) is 0 Å². The molecule has 21 heavy (non-hydrogen) atoms. The lowest BCUT2D eigenvalue weighted by molar-refractivity contribution is -0.136. The van der Waals surface area contributed by atoms with Crippen molar-refractivity contribution in [3.05, 3.63) is 29.8 Å². The van der Waals surface area contributed by atoms with Crippen LogP contribution in [-0.2, 0) is 4.79 Å². The van der Waals surface area contributed by atoms with Crippen molar-refractivity contribution in [2.45, 2.75) is 19.0 Å². The fraction of sp³-hybridized carbons (Fsp3) is 0.562. The summed E-state index contributed by atoms with van der Waals surface area (Å²) in [5.74, 6) is 0.892. The Bertz CT molecular complexity index is 490. The summed E-state index contributed by atoms with van der Waals surface area (Å²) in [6.45, 7) is 4.83. The molecule has 1 aromatic carbocycles. The molecular weight excluding hydrogens is 266 g/mol. The Balaban J connectivity index is 2.37. The molecule has 2 unspecified atom stereocenters. The standard InChI is InChI=1S/C16H25N3O2/c1-12-11-17-8-9-19(12)15(16(20)18(2)3)13-6-5-7-14(10-13)21-4/h5-7,10,12,15,17H,8-9,11H2,1-4H3. The summed E-state index contributed by atoms with van der Waals surface area (Å²) in [5, 5.41) is 3.37. The van der Waals surface area contributed by atoms with Gasteiger partial charge in [-0.1, -0.05) is 12.1 Å². The van der Waals surface area contributed by atoms with Crippen molar-refractivity contribution in [3.8, 4) is 5.75 Å². The molecule has 0 aromatic heterocycles.